The lowest BCUT2D eigenvalue weighted by molar-refractivity contribution is -0.146. The summed E-state index contributed by atoms with van der Waals surface area (Å²) in [6.07, 6.45) is 0.337. The first-order valence-electron chi connectivity index (χ1n) is 10.6. The fourth-order valence-electron chi connectivity index (χ4n) is 2.72. The van der Waals surface area contributed by atoms with E-state index >= 15 is 0 Å². The van der Waals surface area contributed by atoms with E-state index < -0.39 is 35.6 Å². The number of hydrazine groups is 1. The van der Waals surface area contributed by atoms with Gasteiger partial charge in [-0.3, -0.25) is 19.5 Å². The summed E-state index contributed by atoms with van der Waals surface area (Å²) in [4.78, 5) is 47.6. The highest BCUT2D eigenvalue weighted by Gasteiger charge is 2.21. The molecule has 0 aliphatic heterocycles. The van der Waals surface area contributed by atoms with Crippen LogP contribution in [-0.2, 0) is 19.1 Å². The first-order valence-corrected chi connectivity index (χ1v) is 11.3. The summed E-state index contributed by atoms with van der Waals surface area (Å²) >= 11 is 12.6. The minimum atomic E-state index is -1.45. The van der Waals surface area contributed by atoms with Crippen molar-refractivity contribution in [2.75, 3.05) is 18.6 Å². The van der Waals surface area contributed by atoms with Gasteiger partial charge in [-0.15, -0.1) is 0 Å². The molecule has 0 saturated heterocycles. The molecule has 0 saturated carbocycles. The average Bonchev–Trinajstić information content (AvgIpc) is 2.82. The molecule has 2 unspecified atom stereocenters. The standard InChI is InChI=1S/C22H23Cl2N5O7/c1-4-34-21(32)12(3)29-11-14(6-7-18(29)30)36-19-15(23)8-13(9-16(19)24)27-28-17(10-25)20(31)26-22(33)35-5-2/h6-9,11-12,17,27-28H,4-5H2,1-3H3,(H,26,31,33). The summed E-state index contributed by atoms with van der Waals surface area (Å²) in [5.74, 6) is -1.29. The van der Waals surface area contributed by atoms with Gasteiger partial charge in [-0.05, 0) is 39.0 Å². The summed E-state index contributed by atoms with van der Waals surface area (Å²) < 4.78 is 16.4. The molecule has 36 heavy (non-hydrogen) atoms. The zero-order valence-electron chi connectivity index (χ0n) is 19.5. The van der Waals surface area contributed by atoms with Gasteiger partial charge in [0.15, 0.2) is 11.8 Å². The Labute approximate surface area is 216 Å². The lowest BCUT2D eigenvalue weighted by atomic mass is 10.3. The van der Waals surface area contributed by atoms with Gasteiger partial charge in [-0.25, -0.2) is 15.0 Å². The van der Waals surface area contributed by atoms with E-state index in [1.807, 2.05) is 5.32 Å². The third kappa shape index (κ3) is 7.61. The highest BCUT2D eigenvalue weighted by molar-refractivity contribution is 6.37. The number of anilines is 1. The monoisotopic (exact) mass is 539 g/mol. The van der Waals surface area contributed by atoms with Gasteiger partial charge in [0, 0.05) is 6.07 Å². The molecule has 12 nitrogen and oxygen atoms in total. The average molecular weight is 540 g/mol. The number of hydrogen-bond donors (Lipinski definition) is 3. The number of nitriles is 1. The van der Waals surface area contributed by atoms with Gasteiger partial charge < -0.3 is 19.6 Å². The van der Waals surface area contributed by atoms with Crippen LogP contribution in [0.2, 0.25) is 10.0 Å². The number of carbonyl (C=O) groups excluding carboxylic acids is 3. The predicted molar refractivity (Wildman–Crippen MR) is 130 cm³/mol. The second-order valence-corrected chi connectivity index (χ2v) is 7.76. The Bertz CT molecular complexity index is 1200. The molecule has 0 aliphatic rings. The molecular weight excluding hydrogens is 517 g/mol. The van der Waals surface area contributed by atoms with Crippen molar-refractivity contribution in [1.82, 2.24) is 15.3 Å². The minimum absolute atomic E-state index is 0.0486. The maximum absolute atomic E-state index is 12.2. The Hall–Kier alpha value is -3.79. The van der Waals surface area contributed by atoms with Crippen LogP contribution in [-0.4, -0.2) is 41.8 Å². The quantitative estimate of drug-likeness (QED) is 0.302. The van der Waals surface area contributed by atoms with E-state index in [-0.39, 0.29) is 40.4 Å². The molecule has 14 heteroatoms. The Morgan fingerprint density at radius 3 is 2.33 bits per heavy atom. The van der Waals surface area contributed by atoms with Crippen molar-refractivity contribution in [3.63, 3.8) is 0 Å². The van der Waals surface area contributed by atoms with Gasteiger partial charge in [-0.1, -0.05) is 23.2 Å². The lowest BCUT2D eigenvalue weighted by Gasteiger charge is -2.17. The highest BCUT2D eigenvalue weighted by atomic mass is 35.5. The van der Waals surface area contributed by atoms with Gasteiger partial charge in [0.05, 0.1) is 41.2 Å². The van der Waals surface area contributed by atoms with Crippen LogP contribution in [0, 0.1) is 11.3 Å². The number of benzene rings is 1. The molecule has 2 amide bonds. The molecular formula is C22H23Cl2N5O7. The maximum Gasteiger partial charge on any atom is 0.413 e. The van der Waals surface area contributed by atoms with E-state index in [0.29, 0.717) is 0 Å². The summed E-state index contributed by atoms with van der Waals surface area (Å²) in [6.45, 7) is 4.95. The van der Waals surface area contributed by atoms with Gasteiger partial charge in [-0.2, -0.15) is 5.26 Å². The van der Waals surface area contributed by atoms with Crippen LogP contribution >= 0.6 is 23.2 Å². The zero-order valence-corrected chi connectivity index (χ0v) is 21.0. The van der Waals surface area contributed by atoms with Crippen LogP contribution in [0.5, 0.6) is 11.5 Å². The largest absolute Gasteiger partial charge is 0.464 e. The van der Waals surface area contributed by atoms with Crippen molar-refractivity contribution in [1.29, 1.82) is 5.26 Å². The topological polar surface area (TPSA) is 161 Å². The Kier molecular flexibility index (Phi) is 10.5. The molecule has 0 fully saturated rings. The molecule has 2 atom stereocenters. The number of halogens is 2. The van der Waals surface area contributed by atoms with Gasteiger partial charge in [0.2, 0.25) is 0 Å². The number of alkyl carbamates (subject to hydrolysis) is 1. The second kappa shape index (κ2) is 13.3. The molecule has 1 aromatic heterocycles. The summed E-state index contributed by atoms with van der Waals surface area (Å²) in [5, 5.41) is 11.2. The van der Waals surface area contributed by atoms with Gasteiger partial charge in [0.25, 0.3) is 11.5 Å². The van der Waals surface area contributed by atoms with Crippen LogP contribution in [0.1, 0.15) is 26.8 Å². The molecule has 0 aliphatic carbocycles. The molecule has 2 rings (SSSR count). The molecule has 192 valence electrons. The van der Waals surface area contributed by atoms with Crippen LogP contribution in [0.25, 0.3) is 0 Å². The number of hydrogen-bond acceptors (Lipinski definition) is 10. The van der Waals surface area contributed by atoms with Crippen molar-refractivity contribution in [2.45, 2.75) is 32.9 Å². The van der Waals surface area contributed by atoms with Crippen LogP contribution in [0.4, 0.5) is 10.5 Å². The molecule has 1 aromatic carbocycles. The molecule has 0 spiro atoms. The van der Waals surface area contributed by atoms with E-state index in [4.69, 9.17) is 32.7 Å². The number of aromatic nitrogens is 1. The summed E-state index contributed by atoms with van der Waals surface area (Å²) in [6, 6.07) is 4.73. The number of nitrogens with zero attached hydrogens (tertiary/aromatic N) is 2. The molecule has 0 bridgehead atoms. The maximum atomic E-state index is 12.2. The second-order valence-electron chi connectivity index (χ2n) is 6.95. The van der Waals surface area contributed by atoms with E-state index in [1.165, 1.54) is 37.4 Å². The zero-order chi connectivity index (χ0) is 26.8. The fraction of sp³-hybridized carbons (Fsp3) is 0.318. The van der Waals surface area contributed by atoms with Crippen molar-refractivity contribution in [3.8, 4) is 17.6 Å². The SMILES string of the molecule is CCOC(=O)NC(=O)C(C#N)NNc1cc(Cl)c(Oc2ccc(=O)n(C(C)C(=O)OCC)c2)c(Cl)c1. The van der Waals surface area contributed by atoms with Crippen LogP contribution < -0.4 is 26.5 Å². The number of imide groups is 1. The van der Waals surface area contributed by atoms with Gasteiger partial charge >= 0.3 is 12.1 Å². The van der Waals surface area contributed by atoms with Crippen molar-refractivity contribution >= 4 is 46.9 Å². The van der Waals surface area contributed by atoms with Crippen LogP contribution in [0.15, 0.2) is 35.3 Å². The van der Waals surface area contributed by atoms with E-state index in [2.05, 4.69) is 15.6 Å². The van der Waals surface area contributed by atoms with Gasteiger partial charge in [0.1, 0.15) is 11.8 Å². The summed E-state index contributed by atoms with van der Waals surface area (Å²) in [7, 11) is 0. The molecule has 0 radical (unpaired) electrons. The number of pyridine rings is 1. The number of nitrogens with one attached hydrogen (secondary N) is 3. The first-order chi connectivity index (χ1) is 17.1. The van der Waals surface area contributed by atoms with Crippen molar-refractivity contribution in [2.24, 2.45) is 0 Å². The highest BCUT2D eigenvalue weighted by Crippen LogP contribution is 2.38. The minimum Gasteiger partial charge on any atom is -0.464 e. The van der Waals surface area contributed by atoms with E-state index in [0.717, 1.165) is 4.57 Å². The number of rotatable bonds is 10. The first kappa shape index (κ1) is 28.4. The third-order valence-corrected chi connectivity index (χ3v) is 4.99. The number of carbonyl (C=O) groups is 3. The smallest absolute Gasteiger partial charge is 0.413 e. The predicted octanol–water partition coefficient (Wildman–Crippen LogP) is 3.15. The molecule has 3 N–H and O–H groups in total. The Morgan fingerprint density at radius 1 is 1.11 bits per heavy atom. The third-order valence-electron chi connectivity index (χ3n) is 4.43. The molecule has 1 heterocycles. The Morgan fingerprint density at radius 2 is 1.75 bits per heavy atom. The number of ether oxygens (including phenoxy) is 3. The van der Waals surface area contributed by atoms with Crippen LogP contribution in [0.3, 0.4) is 0 Å². The summed E-state index contributed by atoms with van der Waals surface area (Å²) in [5.41, 5.74) is 4.86. The van der Waals surface area contributed by atoms with Crippen molar-refractivity contribution in [3.05, 3.63) is 50.9 Å². The normalized spacial score (nSPS) is 12.0. The number of esters is 1. The molecule has 2 aromatic rings. The fourth-order valence-corrected chi connectivity index (χ4v) is 3.29. The Balaban J connectivity index is 2.15. The number of amides is 2. The van der Waals surface area contributed by atoms with E-state index in [9.17, 15) is 24.4 Å². The lowest BCUT2D eigenvalue weighted by Crippen LogP contribution is -2.47. The van der Waals surface area contributed by atoms with E-state index in [1.54, 1.807) is 19.9 Å². The van der Waals surface area contributed by atoms with Crippen molar-refractivity contribution < 1.29 is 28.6 Å².